The van der Waals surface area contributed by atoms with Gasteiger partial charge in [-0.3, -0.25) is 4.79 Å². The molecule has 0 saturated heterocycles. The number of carbonyl (C=O) groups excluding carboxylic acids is 1. The molecule has 0 aliphatic heterocycles. The monoisotopic (exact) mass is 159 g/mol. The molecular formula is C8H17NO2. The Labute approximate surface area is 68.1 Å². The van der Waals surface area contributed by atoms with E-state index in [1.54, 1.807) is 7.11 Å². The number of hydrogen-bond acceptors (Lipinski definition) is 2. The summed E-state index contributed by atoms with van der Waals surface area (Å²) in [6.07, 6.45) is 0.884. The van der Waals surface area contributed by atoms with E-state index in [-0.39, 0.29) is 11.8 Å². The highest BCUT2D eigenvalue weighted by Crippen LogP contribution is 1.90. The summed E-state index contributed by atoms with van der Waals surface area (Å²) < 4.78 is 4.83. The molecule has 1 amide bonds. The van der Waals surface area contributed by atoms with E-state index >= 15 is 0 Å². The molecule has 0 bridgehead atoms. The highest BCUT2D eigenvalue weighted by molar-refractivity contribution is 5.77. The molecular weight excluding hydrogens is 142 g/mol. The Bertz CT molecular complexity index is 113. The van der Waals surface area contributed by atoms with Crippen molar-refractivity contribution < 1.29 is 9.53 Å². The van der Waals surface area contributed by atoms with E-state index in [1.165, 1.54) is 0 Å². The Morgan fingerprint density at radius 2 is 2.18 bits per heavy atom. The summed E-state index contributed by atoms with van der Waals surface area (Å²) in [5, 5.41) is 2.80. The molecule has 0 aliphatic carbocycles. The summed E-state index contributed by atoms with van der Waals surface area (Å²) in [7, 11) is 1.66. The van der Waals surface area contributed by atoms with Crippen LogP contribution in [0.2, 0.25) is 0 Å². The van der Waals surface area contributed by atoms with Gasteiger partial charge in [0.2, 0.25) is 5.91 Å². The average Bonchev–Trinajstić information content (AvgIpc) is 1.97. The van der Waals surface area contributed by atoms with E-state index in [0.717, 1.165) is 6.42 Å². The van der Waals surface area contributed by atoms with Crippen LogP contribution in [0.25, 0.3) is 0 Å². The van der Waals surface area contributed by atoms with Crippen molar-refractivity contribution in [2.75, 3.05) is 20.3 Å². The van der Waals surface area contributed by atoms with E-state index in [2.05, 4.69) is 5.32 Å². The maximum absolute atomic E-state index is 11.0. The maximum Gasteiger partial charge on any atom is 0.222 e. The Hall–Kier alpha value is -0.570. The van der Waals surface area contributed by atoms with Crippen molar-refractivity contribution in [1.82, 2.24) is 5.32 Å². The highest BCUT2D eigenvalue weighted by atomic mass is 16.5. The van der Waals surface area contributed by atoms with Gasteiger partial charge in [0.25, 0.3) is 0 Å². The van der Waals surface area contributed by atoms with Crippen LogP contribution in [0.15, 0.2) is 0 Å². The lowest BCUT2D eigenvalue weighted by atomic mass is 10.2. The number of hydrogen-bond donors (Lipinski definition) is 1. The van der Waals surface area contributed by atoms with Gasteiger partial charge in [0, 0.05) is 26.2 Å². The van der Waals surface area contributed by atoms with Crippen LogP contribution in [-0.4, -0.2) is 26.2 Å². The lowest BCUT2D eigenvalue weighted by molar-refractivity contribution is -0.124. The zero-order valence-corrected chi connectivity index (χ0v) is 7.52. The standard InChI is InChI=1S/C8H17NO2/c1-7(2)8(10)9-5-4-6-11-3/h7H,4-6H2,1-3H3,(H,9,10). The van der Waals surface area contributed by atoms with Crippen LogP contribution in [0.4, 0.5) is 0 Å². The zero-order valence-electron chi connectivity index (χ0n) is 7.52. The lowest BCUT2D eigenvalue weighted by Gasteiger charge is -2.06. The van der Waals surface area contributed by atoms with Crippen LogP contribution in [-0.2, 0) is 9.53 Å². The normalized spacial score (nSPS) is 10.2. The quantitative estimate of drug-likeness (QED) is 0.602. The summed E-state index contributed by atoms with van der Waals surface area (Å²) in [5.74, 6) is 0.193. The summed E-state index contributed by atoms with van der Waals surface area (Å²) in [5.41, 5.74) is 0. The second-order valence-corrected chi connectivity index (χ2v) is 2.79. The molecule has 66 valence electrons. The van der Waals surface area contributed by atoms with Gasteiger partial charge < -0.3 is 10.1 Å². The van der Waals surface area contributed by atoms with Crippen molar-refractivity contribution in [2.24, 2.45) is 5.92 Å². The van der Waals surface area contributed by atoms with Crippen LogP contribution in [0.1, 0.15) is 20.3 Å². The minimum absolute atomic E-state index is 0.0811. The second-order valence-electron chi connectivity index (χ2n) is 2.79. The van der Waals surface area contributed by atoms with Crippen molar-refractivity contribution in [3.05, 3.63) is 0 Å². The summed E-state index contributed by atoms with van der Waals surface area (Å²) >= 11 is 0. The molecule has 0 fully saturated rings. The largest absolute Gasteiger partial charge is 0.385 e. The Balaban J connectivity index is 3.18. The van der Waals surface area contributed by atoms with Gasteiger partial charge in [-0.2, -0.15) is 0 Å². The molecule has 0 aromatic carbocycles. The van der Waals surface area contributed by atoms with Crippen LogP contribution < -0.4 is 5.32 Å². The topological polar surface area (TPSA) is 38.3 Å². The SMILES string of the molecule is COCCCNC(=O)C(C)C. The van der Waals surface area contributed by atoms with Gasteiger partial charge in [0.1, 0.15) is 0 Å². The highest BCUT2D eigenvalue weighted by Gasteiger charge is 2.03. The van der Waals surface area contributed by atoms with Crippen molar-refractivity contribution >= 4 is 5.91 Å². The molecule has 0 aliphatic rings. The van der Waals surface area contributed by atoms with Gasteiger partial charge in [-0.25, -0.2) is 0 Å². The van der Waals surface area contributed by atoms with E-state index in [0.29, 0.717) is 13.2 Å². The van der Waals surface area contributed by atoms with Crippen LogP contribution in [0, 0.1) is 5.92 Å². The number of ether oxygens (including phenoxy) is 1. The maximum atomic E-state index is 11.0. The molecule has 0 atom stereocenters. The Morgan fingerprint density at radius 1 is 1.55 bits per heavy atom. The number of methoxy groups -OCH3 is 1. The molecule has 0 spiro atoms. The fourth-order valence-electron chi connectivity index (χ4n) is 0.632. The van der Waals surface area contributed by atoms with E-state index in [9.17, 15) is 4.79 Å². The Morgan fingerprint density at radius 3 is 2.64 bits per heavy atom. The fourth-order valence-corrected chi connectivity index (χ4v) is 0.632. The van der Waals surface area contributed by atoms with Crippen molar-refractivity contribution in [3.8, 4) is 0 Å². The second kappa shape index (κ2) is 6.16. The molecule has 3 heteroatoms. The third kappa shape index (κ3) is 5.85. The average molecular weight is 159 g/mol. The number of carbonyl (C=O) groups is 1. The first kappa shape index (κ1) is 10.4. The van der Waals surface area contributed by atoms with Crippen molar-refractivity contribution in [2.45, 2.75) is 20.3 Å². The predicted molar refractivity (Wildman–Crippen MR) is 44.3 cm³/mol. The van der Waals surface area contributed by atoms with Crippen LogP contribution in [0.3, 0.4) is 0 Å². The van der Waals surface area contributed by atoms with Gasteiger partial charge in [0.05, 0.1) is 0 Å². The van der Waals surface area contributed by atoms with Crippen LogP contribution in [0.5, 0.6) is 0 Å². The molecule has 1 N–H and O–H groups in total. The predicted octanol–water partition coefficient (Wildman–Crippen LogP) is 0.795. The van der Waals surface area contributed by atoms with E-state index < -0.39 is 0 Å². The summed E-state index contributed by atoms with van der Waals surface area (Å²) in [6.45, 7) is 5.18. The molecule has 0 rings (SSSR count). The van der Waals surface area contributed by atoms with Gasteiger partial charge in [-0.1, -0.05) is 13.8 Å². The molecule has 11 heavy (non-hydrogen) atoms. The number of rotatable bonds is 5. The van der Waals surface area contributed by atoms with E-state index in [4.69, 9.17) is 4.74 Å². The smallest absolute Gasteiger partial charge is 0.222 e. The van der Waals surface area contributed by atoms with Crippen molar-refractivity contribution in [3.63, 3.8) is 0 Å². The third-order valence-corrected chi connectivity index (χ3v) is 1.35. The molecule has 0 aromatic rings. The minimum Gasteiger partial charge on any atom is -0.385 e. The molecule has 0 unspecified atom stereocenters. The fraction of sp³-hybridized carbons (Fsp3) is 0.875. The first-order chi connectivity index (χ1) is 5.18. The van der Waals surface area contributed by atoms with Crippen molar-refractivity contribution in [1.29, 1.82) is 0 Å². The van der Waals surface area contributed by atoms with E-state index in [1.807, 2.05) is 13.8 Å². The molecule has 0 saturated carbocycles. The summed E-state index contributed by atoms with van der Waals surface area (Å²) in [6, 6.07) is 0. The number of amides is 1. The zero-order chi connectivity index (χ0) is 8.69. The van der Waals surface area contributed by atoms with Crippen LogP contribution >= 0.6 is 0 Å². The van der Waals surface area contributed by atoms with Gasteiger partial charge >= 0.3 is 0 Å². The minimum atomic E-state index is 0.0811. The summed E-state index contributed by atoms with van der Waals surface area (Å²) in [4.78, 5) is 11.0. The van der Waals surface area contributed by atoms with Gasteiger partial charge in [0.15, 0.2) is 0 Å². The third-order valence-electron chi connectivity index (χ3n) is 1.35. The lowest BCUT2D eigenvalue weighted by Crippen LogP contribution is -2.29. The first-order valence-corrected chi connectivity index (χ1v) is 3.95. The molecule has 3 nitrogen and oxygen atoms in total. The first-order valence-electron chi connectivity index (χ1n) is 3.95. The van der Waals surface area contributed by atoms with Gasteiger partial charge in [-0.05, 0) is 6.42 Å². The number of nitrogens with one attached hydrogen (secondary N) is 1. The molecule has 0 heterocycles. The molecule has 0 aromatic heterocycles. The Kier molecular flexibility index (Phi) is 5.84. The van der Waals surface area contributed by atoms with Gasteiger partial charge in [-0.15, -0.1) is 0 Å². The molecule has 0 radical (unpaired) electrons.